The SMILES string of the molecule is CNC(Cc1cc(F)ccc1C)c1ccc(OC)c(Br)c1. The number of benzene rings is 2. The predicted molar refractivity (Wildman–Crippen MR) is 87.3 cm³/mol. The minimum absolute atomic E-state index is 0.118. The zero-order valence-electron chi connectivity index (χ0n) is 12.4. The standard InChI is InChI=1S/C17H19BrFNO/c1-11-4-6-14(19)8-13(11)10-16(20-2)12-5-7-17(21-3)15(18)9-12/h4-9,16,20H,10H2,1-3H3. The van der Waals surface area contributed by atoms with Crippen LogP contribution in [-0.4, -0.2) is 14.2 Å². The quantitative estimate of drug-likeness (QED) is 0.861. The number of hydrogen-bond donors (Lipinski definition) is 1. The molecule has 1 atom stereocenters. The lowest BCUT2D eigenvalue weighted by Crippen LogP contribution is -2.19. The first-order valence-corrected chi connectivity index (χ1v) is 7.60. The van der Waals surface area contributed by atoms with E-state index in [1.54, 1.807) is 13.2 Å². The largest absolute Gasteiger partial charge is 0.496 e. The number of hydrogen-bond acceptors (Lipinski definition) is 2. The summed E-state index contributed by atoms with van der Waals surface area (Å²) in [5.41, 5.74) is 3.25. The van der Waals surface area contributed by atoms with Crippen LogP contribution in [-0.2, 0) is 6.42 Å². The average Bonchev–Trinajstić information content (AvgIpc) is 2.48. The molecule has 2 aromatic carbocycles. The van der Waals surface area contributed by atoms with Gasteiger partial charge < -0.3 is 10.1 Å². The van der Waals surface area contributed by atoms with E-state index in [-0.39, 0.29) is 11.9 Å². The molecule has 0 saturated heterocycles. The van der Waals surface area contributed by atoms with E-state index in [0.29, 0.717) is 0 Å². The normalized spacial score (nSPS) is 12.2. The first-order valence-electron chi connectivity index (χ1n) is 6.81. The highest BCUT2D eigenvalue weighted by atomic mass is 79.9. The number of likely N-dealkylation sites (N-methyl/N-ethyl adjacent to an activating group) is 1. The molecular formula is C17H19BrFNO. The Kier molecular flexibility index (Phi) is 5.37. The average molecular weight is 352 g/mol. The molecule has 2 rings (SSSR count). The summed E-state index contributed by atoms with van der Waals surface area (Å²) >= 11 is 3.50. The third-order valence-electron chi connectivity index (χ3n) is 3.66. The fraction of sp³-hybridized carbons (Fsp3) is 0.294. The third kappa shape index (κ3) is 3.83. The fourth-order valence-corrected chi connectivity index (χ4v) is 2.92. The lowest BCUT2D eigenvalue weighted by atomic mass is 9.96. The van der Waals surface area contributed by atoms with Crippen molar-refractivity contribution in [1.29, 1.82) is 0 Å². The number of nitrogens with one attached hydrogen (secondary N) is 1. The molecule has 1 N–H and O–H groups in total. The minimum Gasteiger partial charge on any atom is -0.496 e. The van der Waals surface area contributed by atoms with E-state index >= 15 is 0 Å². The van der Waals surface area contributed by atoms with Crippen LogP contribution in [0.1, 0.15) is 22.7 Å². The van der Waals surface area contributed by atoms with Gasteiger partial charge in [0.25, 0.3) is 0 Å². The van der Waals surface area contributed by atoms with Crippen molar-refractivity contribution in [1.82, 2.24) is 5.32 Å². The van der Waals surface area contributed by atoms with E-state index < -0.39 is 0 Å². The van der Waals surface area contributed by atoms with Crippen molar-refractivity contribution in [2.24, 2.45) is 0 Å². The molecule has 0 saturated carbocycles. The molecule has 0 amide bonds. The Bertz CT molecular complexity index is 630. The molecule has 0 heterocycles. The number of aryl methyl sites for hydroxylation is 1. The van der Waals surface area contributed by atoms with E-state index in [1.165, 1.54) is 6.07 Å². The van der Waals surface area contributed by atoms with Gasteiger partial charge in [-0.2, -0.15) is 0 Å². The maximum Gasteiger partial charge on any atom is 0.133 e. The lowest BCUT2D eigenvalue weighted by molar-refractivity contribution is 0.411. The molecule has 0 aliphatic carbocycles. The Balaban J connectivity index is 2.27. The molecule has 0 aliphatic heterocycles. The van der Waals surface area contributed by atoms with E-state index in [0.717, 1.165) is 33.3 Å². The molecule has 112 valence electrons. The Labute approximate surface area is 133 Å². The van der Waals surface area contributed by atoms with Crippen LogP contribution in [0.15, 0.2) is 40.9 Å². The number of halogens is 2. The van der Waals surface area contributed by atoms with Crippen LogP contribution in [0, 0.1) is 12.7 Å². The lowest BCUT2D eigenvalue weighted by Gasteiger charge is -2.19. The smallest absolute Gasteiger partial charge is 0.133 e. The monoisotopic (exact) mass is 351 g/mol. The summed E-state index contributed by atoms with van der Waals surface area (Å²) < 4.78 is 19.6. The second-order valence-corrected chi connectivity index (χ2v) is 5.86. The van der Waals surface area contributed by atoms with Crippen LogP contribution in [0.5, 0.6) is 5.75 Å². The zero-order valence-corrected chi connectivity index (χ0v) is 14.0. The van der Waals surface area contributed by atoms with Gasteiger partial charge in [-0.25, -0.2) is 4.39 Å². The highest BCUT2D eigenvalue weighted by molar-refractivity contribution is 9.10. The number of ether oxygens (including phenoxy) is 1. The van der Waals surface area contributed by atoms with Gasteiger partial charge in [0.05, 0.1) is 11.6 Å². The van der Waals surface area contributed by atoms with Crippen LogP contribution < -0.4 is 10.1 Å². The maximum atomic E-state index is 13.4. The van der Waals surface area contributed by atoms with Gasteiger partial charge in [0.1, 0.15) is 11.6 Å². The van der Waals surface area contributed by atoms with Crippen LogP contribution in [0.2, 0.25) is 0 Å². The van der Waals surface area contributed by atoms with Crippen LogP contribution in [0.25, 0.3) is 0 Å². The molecule has 0 aliphatic rings. The van der Waals surface area contributed by atoms with E-state index in [4.69, 9.17) is 4.74 Å². The summed E-state index contributed by atoms with van der Waals surface area (Å²) in [7, 11) is 3.56. The summed E-state index contributed by atoms with van der Waals surface area (Å²) in [6.07, 6.45) is 0.735. The van der Waals surface area contributed by atoms with Crippen molar-refractivity contribution in [3.05, 3.63) is 63.4 Å². The molecule has 4 heteroatoms. The molecule has 0 aromatic heterocycles. The first kappa shape index (κ1) is 16.0. The molecule has 0 radical (unpaired) electrons. The third-order valence-corrected chi connectivity index (χ3v) is 4.28. The molecule has 2 nitrogen and oxygen atoms in total. The van der Waals surface area contributed by atoms with Gasteiger partial charge in [0.15, 0.2) is 0 Å². The van der Waals surface area contributed by atoms with Crippen LogP contribution >= 0.6 is 15.9 Å². The van der Waals surface area contributed by atoms with Gasteiger partial charge in [-0.1, -0.05) is 12.1 Å². The fourth-order valence-electron chi connectivity index (χ4n) is 2.37. The summed E-state index contributed by atoms with van der Waals surface area (Å²) in [5.74, 6) is 0.608. The minimum atomic E-state index is -0.193. The van der Waals surface area contributed by atoms with E-state index in [9.17, 15) is 4.39 Å². The molecule has 0 spiro atoms. The summed E-state index contributed by atoms with van der Waals surface area (Å²) in [6.45, 7) is 2.01. The molecule has 0 bridgehead atoms. The van der Waals surface area contributed by atoms with Crippen molar-refractivity contribution < 1.29 is 9.13 Å². The summed E-state index contributed by atoms with van der Waals surface area (Å²) in [6, 6.07) is 11.0. The van der Waals surface area contributed by atoms with E-state index in [2.05, 4.69) is 21.2 Å². The van der Waals surface area contributed by atoms with Gasteiger partial charge in [0.2, 0.25) is 0 Å². The second kappa shape index (κ2) is 7.05. The molecular weight excluding hydrogens is 333 g/mol. The number of methoxy groups -OCH3 is 1. The molecule has 2 aromatic rings. The van der Waals surface area contributed by atoms with Crippen molar-refractivity contribution in [2.75, 3.05) is 14.2 Å². The molecule has 1 unspecified atom stereocenters. The van der Waals surface area contributed by atoms with Crippen molar-refractivity contribution in [3.8, 4) is 5.75 Å². The summed E-state index contributed by atoms with van der Waals surface area (Å²) in [5, 5.41) is 3.29. The van der Waals surface area contributed by atoms with Crippen LogP contribution in [0.3, 0.4) is 0 Å². The van der Waals surface area contributed by atoms with Crippen molar-refractivity contribution >= 4 is 15.9 Å². The Hall–Kier alpha value is -1.39. The van der Waals surface area contributed by atoms with Gasteiger partial charge >= 0.3 is 0 Å². The Morgan fingerprint density at radius 3 is 2.62 bits per heavy atom. The van der Waals surface area contributed by atoms with Crippen molar-refractivity contribution in [3.63, 3.8) is 0 Å². The van der Waals surface area contributed by atoms with Gasteiger partial charge in [-0.3, -0.25) is 0 Å². The molecule has 21 heavy (non-hydrogen) atoms. The van der Waals surface area contributed by atoms with Crippen molar-refractivity contribution in [2.45, 2.75) is 19.4 Å². The maximum absolute atomic E-state index is 13.4. The Morgan fingerprint density at radius 1 is 1.24 bits per heavy atom. The predicted octanol–water partition coefficient (Wildman–Crippen LogP) is 4.41. The van der Waals surface area contributed by atoms with Gasteiger partial charge in [-0.15, -0.1) is 0 Å². The number of rotatable bonds is 5. The Morgan fingerprint density at radius 2 is 2.00 bits per heavy atom. The van der Waals surface area contributed by atoms with Crippen LogP contribution in [0.4, 0.5) is 4.39 Å². The second-order valence-electron chi connectivity index (χ2n) is 5.01. The highest BCUT2D eigenvalue weighted by Gasteiger charge is 2.14. The van der Waals surface area contributed by atoms with Gasteiger partial charge in [-0.05, 0) is 77.3 Å². The topological polar surface area (TPSA) is 21.3 Å². The highest BCUT2D eigenvalue weighted by Crippen LogP contribution is 2.29. The van der Waals surface area contributed by atoms with E-state index in [1.807, 2.05) is 38.2 Å². The van der Waals surface area contributed by atoms with Gasteiger partial charge in [0, 0.05) is 6.04 Å². The first-order chi connectivity index (χ1) is 10.0. The molecule has 0 fully saturated rings. The zero-order chi connectivity index (χ0) is 15.4. The summed E-state index contributed by atoms with van der Waals surface area (Å²) in [4.78, 5) is 0.